The fraction of sp³-hybridized carbons (Fsp3) is 0. The van der Waals surface area contributed by atoms with Crippen molar-refractivity contribution in [3.63, 3.8) is 0 Å². The Bertz CT molecular complexity index is 1000. The van der Waals surface area contributed by atoms with Gasteiger partial charge in [0.25, 0.3) is 5.91 Å². The Labute approximate surface area is 136 Å². The third-order valence-electron chi connectivity index (χ3n) is 3.47. The first-order valence-electron chi connectivity index (χ1n) is 7.16. The average Bonchev–Trinajstić information content (AvgIpc) is 3.16. The molecule has 0 atom stereocenters. The van der Waals surface area contributed by atoms with Gasteiger partial charge in [0.2, 0.25) is 0 Å². The summed E-state index contributed by atoms with van der Waals surface area (Å²) in [6.07, 6.45) is 9.45. The maximum atomic E-state index is 12.2. The molecule has 4 heterocycles. The van der Waals surface area contributed by atoms with Gasteiger partial charge in [0.1, 0.15) is 11.5 Å². The van der Waals surface area contributed by atoms with E-state index in [2.05, 4.69) is 25.3 Å². The van der Waals surface area contributed by atoms with Crippen LogP contribution in [0.1, 0.15) is 10.4 Å². The van der Waals surface area contributed by atoms with Crippen molar-refractivity contribution in [3.05, 3.63) is 67.2 Å². The number of amides is 1. The number of aromatic nitrogens is 4. The van der Waals surface area contributed by atoms with Crippen LogP contribution < -0.4 is 5.32 Å². The first-order chi connectivity index (χ1) is 11.8. The summed E-state index contributed by atoms with van der Waals surface area (Å²) in [6, 6.07) is 6.93. The van der Waals surface area contributed by atoms with Crippen LogP contribution >= 0.6 is 0 Å². The summed E-state index contributed by atoms with van der Waals surface area (Å²) in [4.78, 5) is 28.5. The van der Waals surface area contributed by atoms with E-state index in [1.807, 2.05) is 6.07 Å². The zero-order chi connectivity index (χ0) is 16.4. The lowest BCUT2D eigenvalue weighted by Gasteiger charge is -2.06. The Morgan fingerprint density at radius 2 is 1.79 bits per heavy atom. The molecule has 0 aliphatic heterocycles. The molecule has 4 rings (SSSR count). The van der Waals surface area contributed by atoms with E-state index in [0.29, 0.717) is 22.8 Å². The molecule has 0 unspecified atom stereocenters. The summed E-state index contributed by atoms with van der Waals surface area (Å²) in [6.45, 7) is 0. The number of carbonyl (C=O) groups excluding carboxylic acids is 1. The lowest BCUT2D eigenvalue weighted by atomic mass is 10.2. The Morgan fingerprint density at radius 1 is 0.958 bits per heavy atom. The van der Waals surface area contributed by atoms with Crippen molar-refractivity contribution in [3.8, 4) is 11.5 Å². The number of hydrogen-bond acceptors (Lipinski definition) is 6. The highest BCUT2D eigenvalue weighted by molar-refractivity contribution is 6.04. The summed E-state index contributed by atoms with van der Waals surface area (Å²) < 4.78 is 5.26. The lowest BCUT2D eigenvalue weighted by Crippen LogP contribution is -2.12. The van der Waals surface area contributed by atoms with Crippen LogP contribution in [0.25, 0.3) is 22.2 Å². The Balaban J connectivity index is 1.66. The molecule has 0 bridgehead atoms. The molecule has 0 saturated heterocycles. The molecule has 7 nitrogen and oxygen atoms in total. The third kappa shape index (κ3) is 2.70. The highest BCUT2D eigenvalue weighted by atomic mass is 16.3. The lowest BCUT2D eigenvalue weighted by molar-refractivity contribution is 0.102. The van der Waals surface area contributed by atoms with E-state index < -0.39 is 0 Å². The number of carbonyl (C=O) groups is 1. The van der Waals surface area contributed by atoms with E-state index in [1.165, 1.54) is 6.39 Å². The Hall–Kier alpha value is -3.61. The molecule has 0 aromatic carbocycles. The summed E-state index contributed by atoms with van der Waals surface area (Å²) in [5.74, 6) is 0.795. The van der Waals surface area contributed by atoms with Crippen LogP contribution in [0.3, 0.4) is 0 Å². The molecule has 7 heteroatoms. The first kappa shape index (κ1) is 14.0. The van der Waals surface area contributed by atoms with E-state index in [1.54, 1.807) is 49.2 Å². The van der Waals surface area contributed by atoms with Crippen LogP contribution in [0.4, 0.5) is 5.82 Å². The van der Waals surface area contributed by atoms with Crippen LogP contribution in [0.15, 0.2) is 66.1 Å². The van der Waals surface area contributed by atoms with Gasteiger partial charge in [0, 0.05) is 35.7 Å². The van der Waals surface area contributed by atoms with Crippen LogP contribution in [-0.2, 0) is 0 Å². The van der Waals surface area contributed by atoms with Gasteiger partial charge < -0.3 is 9.73 Å². The normalized spacial score (nSPS) is 10.7. The molecular formula is C17H11N5O2. The third-order valence-corrected chi connectivity index (χ3v) is 3.47. The predicted octanol–water partition coefficient (Wildman–Crippen LogP) is 2.93. The maximum absolute atomic E-state index is 12.2. The quantitative estimate of drug-likeness (QED) is 0.624. The molecule has 24 heavy (non-hydrogen) atoms. The second-order valence-electron chi connectivity index (χ2n) is 5.04. The van der Waals surface area contributed by atoms with Crippen molar-refractivity contribution >= 4 is 22.5 Å². The molecule has 116 valence electrons. The van der Waals surface area contributed by atoms with Crippen LogP contribution in [0, 0.1) is 0 Å². The number of rotatable bonds is 3. The average molecular weight is 317 g/mol. The molecule has 4 aromatic rings. The highest BCUT2D eigenvalue weighted by Gasteiger charge is 2.09. The minimum atomic E-state index is -0.242. The van der Waals surface area contributed by atoms with Gasteiger partial charge in [-0.05, 0) is 29.7 Å². The van der Waals surface area contributed by atoms with Crippen molar-refractivity contribution in [1.82, 2.24) is 19.9 Å². The van der Waals surface area contributed by atoms with Crippen LogP contribution in [0.5, 0.6) is 0 Å². The fourth-order valence-corrected chi connectivity index (χ4v) is 2.28. The smallest absolute Gasteiger partial charge is 0.256 e. The van der Waals surface area contributed by atoms with Crippen molar-refractivity contribution in [2.75, 3.05) is 5.32 Å². The zero-order valence-electron chi connectivity index (χ0n) is 12.4. The predicted molar refractivity (Wildman–Crippen MR) is 87.2 cm³/mol. The van der Waals surface area contributed by atoms with Gasteiger partial charge in [0.15, 0.2) is 12.2 Å². The van der Waals surface area contributed by atoms with Crippen molar-refractivity contribution in [1.29, 1.82) is 0 Å². The van der Waals surface area contributed by atoms with Crippen LogP contribution in [-0.4, -0.2) is 25.8 Å². The zero-order valence-corrected chi connectivity index (χ0v) is 12.4. The summed E-state index contributed by atoms with van der Waals surface area (Å²) in [5.41, 5.74) is 1.18. The van der Waals surface area contributed by atoms with Gasteiger partial charge in [0.05, 0.1) is 6.20 Å². The maximum Gasteiger partial charge on any atom is 0.256 e. The largest absolute Gasteiger partial charge is 0.442 e. The standard InChI is InChI=1S/C17H11N5O2/c23-17(11-1-3-18-4-2-11)22-16-6-12-5-14(15-9-19-10-24-15)20-7-13(12)8-21-16/h1-10H,(H,21,22,23). The first-order valence-corrected chi connectivity index (χ1v) is 7.16. The van der Waals surface area contributed by atoms with Crippen molar-refractivity contribution in [2.24, 2.45) is 0 Å². The Morgan fingerprint density at radius 3 is 2.58 bits per heavy atom. The minimum absolute atomic E-state index is 0.242. The minimum Gasteiger partial charge on any atom is -0.442 e. The molecule has 0 radical (unpaired) electrons. The van der Waals surface area contributed by atoms with Gasteiger partial charge in [-0.25, -0.2) is 9.97 Å². The number of anilines is 1. The molecule has 0 fully saturated rings. The second-order valence-corrected chi connectivity index (χ2v) is 5.04. The number of pyridine rings is 3. The summed E-state index contributed by atoms with van der Waals surface area (Å²) in [5, 5.41) is 4.52. The van der Waals surface area contributed by atoms with E-state index >= 15 is 0 Å². The van der Waals surface area contributed by atoms with Gasteiger partial charge >= 0.3 is 0 Å². The number of nitrogens with zero attached hydrogens (tertiary/aromatic N) is 4. The molecule has 1 N–H and O–H groups in total. The molecule has 4 aromatic heterocycles. The van der Waals surface area contributed by atoms with Gasteiger partial charge in [-0.1, -0.05) is 0 Å². The number of oxazole rings is 1. The van der Waals surface area contributed by atoms with E-state index in [-0.39, 0.29) is 5.91 Å². The summed E-state index contributed by atoms with van der Waals surface area (Å²) >= 11 is 0. The molecular weight excluding hydrogens is 306 g/mol. The molecule has 0 aliphatic carbocycles. The molecule has 0 aliphatic rings. The molecule has 1 amide bonds. The monoisotopic (exact) mass is 317 g/mol. The van der Waals surface area contributed by atoms with Gasteiger partial charge in [-0.2, -0.15) is 0 Å². The molecule has 0 saturated carbocycles. The second kappa shape index (κ2) is 5.88. The number of fused-ring (bicyclic) bond motifs is 1. The number of nitrogens with one attached hydrogen (secondary N) is 1. The van der Waals surface area contributed by atoms with Crippen molar-refractivity contribution in [2.45, 2.75) is 0 Å². The van der Waals surface area contributed by atoms with E-state index in [9.17, 15) is 4.79 Å². The van der Waals surface area contributed by atoms with Crippen LogP contribution in [0.2, 0.25) is 0 Å². The SMILES string of the molecule is O=C(Nc1cc2cc(-c3cnco3)ncc2cn1)c1ccncc1. The fourth-order valence-electron chi connectivity index (χ4n) is 2.28. The van der Waals surface area contributed by atoms with Gasteiger partial charge in [-0.3, -0.25) is 14.8 Å². The van der Waals surface area contributed by atoms with E-state index in [4.69, 9.17) is 4.42 Å². The van der Waals surface area contributed by atoms with Crippen molar-refractivity contribution < 1.29 is 9.21 Å². The topological polar surface area (TPSA) is 93.8 Å². The van der Waals surface area contributed by atoms with Gasteiger partial charge in [-0.15, -0.1) is 0 Å². The molecule has 0 spiro atoms. The number of hydrogen-bond donors (Lipinski definition) is 1. The van der Waals surface area contributed by atoms with E-state index in [0.717, 1.165) is 10.8 Å². The summed E-state index contributed by atoms with van der Waals surface area (Å²) in [7, 11) is 0. The highest BCUT2D eigenvalue weighted by Crippen LogP contribution is 2.23. The Kier molecular flexibility index (Phi) is 3.43.